The number of para-hydroxylation sites is 2. The molecule has 0 saturated heterocycles. The van der Waals surface area contributed by atoms with E-state index in [2.05, 4.69) is 201 Å². The van der Waals surface area contributed by atoms with E-state index in [1.54, 1.807) is 0 Å². The van der Waals surface area contributed by atoms with Gasteiger partial charge in [-0.25, -0.2) is 0 Å². The molecule has 0 radical (unpaired) electrons. The van der Waals surface area contributed by atoms with E-state index in [0.717, 1.165) is 44.6 Å². The minimum absolute atomic E-state index is 0.150. The lowest BCUT2D eigenvalue weighted by molar-refractivity contribution is 0.660. The quantitative estimate of drug-likeness (QED) is 0.174. The van der Waals surface area contributed by atoms with Gasteiger partial charge in [-0.1, -0.05) is 147 Å². The lowest BCUT2D eigenvalue weighted by Gasteiger charge is -2.30. The van der Waals surface area contributed by atoms with Crippen LogP contribution in [0.25, 0.3) is 86.3 Å². The van der Waals surface area contributed by atoms with Gasteiger partial charge in [0, 0.05) is 59.4 Å². The van der Waals surface area contributed by atoms with E-state index in [0.29, 0.717) is 0 Å². The highest BCUT2D eigenvalue weighted by atomic mass is 32.1. The molecule has 0 atom stereocenters. The van der Waals surface area contributed by atoms with E-state index in [-0.39, 0.29) is 5.41 Å². The number of thiophene rings is 1. The first-order valence-electron chi connectivity index (χ1n) is 20.0. The molecule has 0 fully saturated rings. The monoisotopic (exact) mass is 759 g/mol. The van der Waals surface area contributed by atoms with Crippen LogP contribution in [0.5, 0.6) is 0 Å². The van der Waals surface area contributed by atoms with Crippen molar-refractivity contribution in [3.63, 3.8) is 0 Å². The van der Waals surface area contributed by atoms with Gasteiger partial charge in [-0.05, 0) is 98.2 Å². The molecule has 11 aromatic rings. The molecular formula is C55H37NOS. The molecular weight excluding hydrogens is 723 g/mol. The fourth-order valence-corrected chi connectivity index (χ4v) is 10.9. The second-order valence-corrected chi connectivity index (χ2v) is 17.1. The smallest absolute Gasteiger partial charge is 0.137 e. The van der Waals surface area contributed by atoms with Crippen molar-refractivity contribution in [2.24, 2.45) is 0 Å². The van der Waals surface area contributed by atoms with Crippen LogP contribution >= 0.6 is 11.3 Å². The summed E-state index contributed by atoms with van der Waals surface area (Å²) in [6, 6.07) is 69.0. The number of hydrogen-bond acceptors (Lipinski definition) is 3. The predicted molar refractivity (Wildman–Crippen MR) is 247 cm³/mol. The van der Waals surface area contributed by atoms with E-state index in [4.69, 9.17) is 4.42 Å². The van der Waals surface area contributed by atoms with Crippen LogP contribution in [-0.4, -0.2) is 0 Å². The summed E-state index contributed by atoms with van der Waals surface area (Å²) >= 11 is 1.87. The number of fused-ring (bicyclic) bond motifs is 10. The summed E-state index contributed by atoms with van der Waals surface area (Å²) in [5.74, 6) is 0. The molecule has 3 heteroatoms. The van der Waals surface area contributed by atoms with Crippen molar-refractivity contribution in [3.05, 3.63) is 199 Å². The minimum Gasteiger partial charge on any atom is -0.456 e. The van der Waals surface area contributed by atoms with Crippen LogP contribution in [0.1, 0.15) is 25.0 Å². The van der Waals surface area contributed by atoms with Gasteiger partial charge in [0.1, 0.15) is 11.2 Å². The van der Waals surface area contributed by atoms with Crippen LogP contribution in [0.15, 0.2) is 192 Å². The maximum Gasteiger partial charge on any atom is 0.137 e. The molecule has 2 heterocycles. The average Bonchev–Trinajstić information content (AvgIpc) is 3.91. The Bertz CT molecular complexity index is 3450. The summed E-state index contributed by atoms with van der Waals surface area (Å²) in [6.07, 6.45) is 0. The fraction of sp³-hybridized carbons (Fsp3) is 0.0545. The highest BCUT2D eigenvalue weighted by Crippen LogP contribution is 2.53. The van der Waals surface area contributed by atoms with Crippen molar-refractivity contribution >= 4 is 81.3 Å². The number of benzene rings is 9. The predicted octanol–water partition coefficient (Wildman–Crippen LogP) is 16.2. The molecule has 0 bridgehead atoms. The summed E-state index contributed by atoms with van der Waals surface area (Å²) in [4.78, 5) is 2.45. The third-order valence-electron chi connectivity index (χ3n) is 12.5. The Labute approximate surface area is 340 Å². The molecule has 2 aromatic heterocycles. The van der Waals surface area contributed by atoms with E-state index < -0.39 is 0 Å². The number of rotatable bonds is 5. The maximum absolute atomic E-state index is 6.55. The first-order valence-corrected chi connectivity index (χ1v) is 20.8. The molecule has 58 heavy (non-hydrogen) atoms. The van der Waals surface area contributed by atoms with E-state index >= 15 is 0 Å². The Balaban J connectivity index is 1.15. The Morgan fingerprint density at radius 3 is 1.98 bits per heavy atom. The molecule has 0 saturated carbocycles. The second-order valence-electron chi connectivity index (χ2n) is 16.0. The van der Waals surface area contributed by atoms with E-state index in [9.17, 15) is 0 Å². The maximum atomic E-state index is 6.55. The molecule has 0 amide bonds. The third kappa shape index (κ3) is 4.84. The van der Waals surface area contributed by atoms with Gasteiger partial charge in [-0.3, -0.25) is 0 Å². The Morgan fingerprint density at radius 1 is 0.431 bits per heavy atom. The summed E-state index contributed by atoms with van der Waals surface area (Å²) in [5, 5.41) is 7.32. The topological polar surface area (TPSA) is 16.4 Å². The number of hydrogen-bond donors (Lipinski definition) is 0. The van der Waals surface area contributed by atoms with Crippen molar-refractivity contribution in [1.29, 1.82) is 0 Å². The Kier molecular flexibility index (Phi) is 7.18. The van der Waals surface area contributed by atoms with Crippen LogP contribution in [-0.2, 0) is 5.41 Å². The summed E-state index contributed by atoms with van der Waals surface area (Å²) in [7, 11) is 0. The van der Waals surface area contributed by atoms with Gasteiger partial charge in [-0.2, -0.15) is 0 Å². The molecule has 1 aliphatic carbocycles. The summed E-state index contributed by atoms with van der Waals surface area (Å²) in [5.41, 5.74) is 15.1. The summed E-state index contributed by atoms with van der Waals surface area (Å²) < 4.78 is 9.14. The highest BCUT2D eigenvalue weighted by Gasteiger charge is 2.36. The number of nitrogens with zero attached hydrogens (tertiary/aromatic N) is 1. The van der Waals surface area contributed by atoms with Crippen LogP contribution in [0.4, 0.5) is 17.1 Å². The Morgan fingerprint density at radius 2 is 1.07 bits per heavy atom. The van der Waals surface area contributed by atoms with Crippen molar-refractivity contribution in [1.82, 2.24) is 0 Å². The van der Waals surface area contributed by atoms with E-state index in [1.807, 2.05) is 17.4 Å². The zero-order valence-corrected chi connectivity index (χ0v) is 33.0. The largest absolute Gasteiger partial charge is 0.456 e. The first-order chi connectivity index (χ1) is 28.5. The number of anilines is 3. The Hall–Kier alpha value is -6.94. The van der Waals surface area contributed by atoms with Gasteiger partial charge in [-0.15, -0.1) is 11.3 Å². The zero-order valence-electron chi connectivity index (χ0n) is 32.2. The van der Waals surface area contributed by atoms with Gasteiger partial charge < -0.3 is 9.32 Å². The molecule has 0 unspecified atom stereocenters. The lowest BCUT2D eigenvalue weighted by Crippen LogP contribution is -2.17. The second kappa shape index (κ2) is 12.5. The first kappa shape index (κ1) is 33.2. The molecule has 0 aliphatic heterocycles. The van der Waals surface area contributed by atoms with Gasteiger partial charge in [0.25, 0.3) is 0 Å². The molecule has 1 aliphatic rings. The minimum atomic E-state index is -0.150. The lowest BCUT2D eigenvalue weighted by atomic mass is 9.82. The molecule has 274 valence electrons. The van der Waals surface area contributed by atoms with Gasteiger partial charge in [0.2, 0.25) is 0 Å². The van der Waals surface area contributed by atoms with Crippen LogP contribution in [0.3, 0.4) is 0 Å². The summed E-state index contributed by atoms with van der Waals surface area (Å²) in [6.45, 7) is 4.72. The molecule has 9 aromatic carbocycles. The van der Waals surface area contributed by atoms with Crippen molar-refractivity contribution in [2.45, 2.75) is 19.3 Å². The highest BCUT2D eigenvalue weighted by molar-refractivity contribution is 7.26. The van der Waals surface area contributed by atoms with Crippen molar-refractivity contribution < 1.29 is 4.42 Å². The van der Waals surface area contributed by atoms with E-state index in [1.165, 1.54) is 69.9 Å². The molecule has 2 nitrogen and oxygen atoms in total. The van der Waals surface area contributed by atoms with Crippen molar-refractivity contribution in [3.8, 4) is 33.4 Å². The zero-order chi connectivity index (χ0) is 38.5. The SMILES string of the molecule is CC1(C)c2ccccc2-c2ccc(N(c3ccc4c(c3)oc3ccccc34)c3ccccc3-c3ccc4sc5ccccc5c4c3-c3cccc4ccccc34)cc21. The molecule has 0 N–H and O–H groups in total. The van der Waals surface area contributed by atoms with Crippen LogP contribution in [0, 0.1) is 0 Å². The van der Waals surface area contributed by atoms with Gasteiger partial charge in [0.05, 0.1) is 5.69 Å². The van der Waals surface area contributed by atoms with Gasteiger partial charge in [0.15, 0.2) is 0 Å². The average molecular weight is 760 g/mol. The van der Waals surface area contributed by atoms with Gasteiger partial charge >= 0.3 is 0 Å². The normalized spacial score (nSPS) is 13.1. The molecule has 0 spiro atoms. The molecule has 12 rings (SSSR count). The third-order valence-corrected chi connectivity index (χ3v) is 13.6. The van der Waals surface area contributed by atoms with Crippen LogP contribution in [0.2, 0.25) is 0 Å². The van der Waals surface area contributed by atoms with Crippen molar-refractivity contribution in [2.75, 3.05) is 4.90 Å². The standard InChI is InChI=1S/C55H37NOS/c1-55(2)46-22-9-5-17-38(46)39-28-26-35(32-47(39)55)56(36-27-29-42-41-19-7-11-24-49(41)57-50(42)33-36)48-23-10-6-18-40(48)44-30-31-52-54(45-20-8-12-25-51(45)58-52)53(44)43-21-13-15-34-14-3-4-16-37(34)43/h3-33H,1-2H3. The van der Waals surface area contributed by atoms with Crippen LogP contribution < -0.4 is 4.90 Å². The fourth-order valence-electron chi connectivity index (χ4n) is 9.77. The number of furan rings is 1.